The summed E-state index contributed by atoms with van der Waals surface area (Å²) in [5.74, 6) is 0.128. The number of aryl methyl sites for hydroxylation is 2. The SMILES string of the molecule is Cc1ccc(C)c2c1C1C(C)(C)CCCC1(C)S2(=O)=O. The monoisotopic (exact) mass is 292 g/mol. The number of fused-ring (bicyclic) bond motifs is 3. The van der Waals surface area contributed by atoms with Gasteiger partial charge in [-0.25, -0.2) is 8.42 Å². The molecule has 1 heterocycles. The smallest absolute Gasteiger partial charge is 0.184 e. The molecule has 2 nitrogen and oxygen atoms in total. The van der Waals surface area contributed by atoms with Gasteiger partial charge in [-0.15, -0.1) is 0 Å². The van der Waals surface area contributed by atoms with Crippen LogP contribution in [0.15, 0.2) is 17.0 Å². The maximum Gasteiger partial charge on any atom is 0.184 e. The highest BCUT2D eigenvalue weighted by atomic mass is 32.2. The van der Waals surface area contributed by atoms with Crippen LogP contribution in [0.4, 0.5) is 0 Å². The topological polar surface area (TPSA) is 34.1 Å². The number of benzene rings is 1. The highest BCUT2D eigenvalue weighted by Gasteiger charge is 2.61. The molecule has 2 unspecified atom stereocenters. The number of hydrogen-bond acceptors (Lipinski definition) is 2. The summed E-state index contributed by atoms with van der Waals surface area (Å²) < 4.78 is 25.8. The molecular formula is C17H24O2S. The first-order valence-electron chi connectivity index (χ1n) is 7.48. The average molecular weight is 292 g/mol. The van der Waals surface area contributed by atoms with E-state index in [2.05, 4.69) is 26.8 Å². The minimum atomic E-state index is -3.23. The number of sulfone groups is 1. The molecule has 1 aliphatic carbocycles. The van der Waals surface area contributed by atoms with E-state index in [1.54, 1.807) is 0 Å². The molecule has 1 fully saturated rings. The van der Waals surface area contributed by atoms with Crippen LogP contribution in [0.25, 0.3) is 0 Å². The van der Waals surface area contributed by atoms with Crippen LogP contribution in [0.3, 0.4) is 0 Å². The van der Waals surface area contributed by atoms with Crippen molar-refractivity contribution >= 4 is 9.84 Å². The lowest BCUT2D eigenvalue weighted by Crippen LogP contribution is -2.46. The lowest BCUT2D eigenvalue weighted by atomic mass is 9.61. The largest absolute Gasteiger partial charge is 0.223 e. The first-order chi connectivity index (χ1) is 9.13. The third-order valence-electron chi connectivity index (χ3n) is 5.67. The molecule has 110 valence electrons. The van der Waals surface area contributed by atoms with E-state index >= 15 is 0 Å². The maximum atomic E-state index is 13.2. The van der Waals surface area contributed by atoms with Crippen LogP contribution < -0.4 is 0 Å². The van der Waals surface area contributed by atoms with Gasteiger partial charge in [0.1, 0.15) is 0 Å². The van der Waals surface area contributed by atoms with Crippen LogP contribution in [0.5, 0.6) is 0 Å². The molecular weight excluding hydrogens is 268 g/mol. The Kier molecular flexibility index (Phi) is 2.74. The molecule has 1 aromatic rings. The van der Waals surface area contributed by atoms with Crippen molar-refractivity contribution in [3.8, 4) is 0 Å². The fourth-order valence-corrected chi connectivity index (χ4v) is 7.44. The summed E-state index contributed by atoms with van der Waals surface area (Å²) in [6, 6.07) is 4.04. The molecule has 0 saturated heterocycles. The minimum absolute atomic E-state index is 0.0455. The molecule has 0 radical (unpaired) electrons. The van der Waals surface area contributed by atoms with E-state index in [0.29, 0.717) is 4.90 Å². The van der Waals surface area contributed by atoms with Crippen molar-refractivity contribution in [3.63, 3.8) is 0 Å². The zero-order valence-electron chi connectivity index (χ0n) is 13.1. The Bertz CT molecular complexity index is 685. The zero-order valence-corrected chi connectivity index (χ0v) is 13.9. The lowest BCUT2D eigenvalue weighted by molar-refractivity contribution is 0.164. The summed E-state index contributed by atoms with van der Waals surface area (Å²) in [5.41, 5.74) is 3.20. The zero-order chi connectivity index (χ0) is 14.9. The van der Waals surface area contributed by atoms with Gasteiger partial charge in [-0.05, 0) is 55.7 Å². The molecule has 0 spiro atoms. The summed E-state index contributed by atoms with van der Waals surface area (Å²) in [6.45, 7) is 10.4. The summed E-state index contributed by atoms with van der Waals surface area (Å²) in [7, 11) is -3.23. The minimum Gasteiger partial charge on any atom is -0.223 e. The van der Waals surface area contributed by atoms with Crippen LogP contribution in [0, 0.1) is 19.3 Å². The van der Waals surface area contributed by atoms with Gasteiger partial charge < -0.3 is 0 Å². The molecule has 0 aromatic heterocycles. The Labute approximate surface area is 122 Å². The molecule has 3 rings (SSSR count). The van der Waals surface area contributed by atoms with E-state index in [1.807, 2.05) is 19.9 Å². The van der Waals surface area contributed by atoms with Gasteiger partial charge in [-0.1, -0.05) is 32.4 Å². The van der Waals surface area contributed by atoms with E-state index < -0.39 is 14.6 Å². The lowest BCUT2D eigenvalue weighted by Gasteiger charge is -2.46. The molecule has 0 bridgehead atoms. The van der Waals surface area contributed by atoms with Gasteiger partial charge in [-0.3, -0.25) is 0 Å². The van der Waals surface area contributed by atoms with Gasteiger partial charge in [0.15, 0.2) is 9.84 Å². The highest BCUT2D eigenvalue weighted by molar-refractivity contribution is 7.93. The Balaban J connectivity index is 2.43. The van der Waals surface area contributed by atoms with Crippen LogP contribution >= 0.6 is 0 Å². The van der Waals surface area contributed by atoms with Crippen molar-refractivity contribution in [2.24, 2.45) is 5.41 Å². The third-order valence-corrected chi connectivity index (χ3v) is 8.42. The summed E-state index contributed by atoms with van der Waals surface area (Å²) >= 11 is 0. The summed E-state index contributed by atoms with van der Waals surface area (Å²) in [4.78, 5) is 0.639. The molecule has 2 aliphatic rings. The van der Waals surface area contributed by atoms with Crippen molar-refractivity contribution in [1.29, 1.82) is 0 Å². The quantitative estimate of drug-likeness (QED) is 0.720. The van der Waals surface area contributed by atoms with Gasteiger partial charge >= 0.3 is 0 Å². The van der Waals surface area contributed by atoms with Crippen molar-refractivity contribution in [2.45, 2.75) is 69.4 Å². The van der Waals surface area contributed by atoms with E-state index in [0.717, 1.165) is 36.0 Å². The maximum absolute atomic E-state index is 13.2. The van der Waals surface area contributed by atoms with Crippen molar-refractivity contribution in [1.82, 2.24) is 0 Å². The fourth-order valence-electron chi connectivity index (χ4n) is 4.75. The van der Waals surface area contributed by atoms with Gasteiger partial charge in [0, 0.05) is 5.92 Å². The van der Waals surface area contributed by atoms with Crippen molar-refractivity contribution in [3.05, 3.63) is 28.8 Å². The Hall–Kier alpha value is -0.830. The summed E-state index contributed by atoms with van der Waals surface area (Å²) in [5, 5.41) is 0. The molecule has 0 amide bonds. The van der Waals surface area contributed by atoms with Crippen LogP contribution in [0.2, 0.25) is 0 Å². The predicted octanol–water partition coefficient (Wildman–Crippen LogP) is 4.14. The Morgan fingerprint density at radius 3 is 2.30 bits per heavy atom. The Morgan fingerprint density at radius 1 is 1.05 bits per heavy atom. The third kappa shape index (κ3) is 1.47. The molecule has 1 saturated carbocycles. The molecule has 3 heteroatoms. The number of rotatable bonds is 0. The average Bonchev–Trinajstić information content (AvgIpc) is 2.51. The fraction of sp³-hybridized carbons (Fsp3) is 0.647. The summed E-state index contributed by atoms with van der Waals surface area (Å²) in [6.07, 6.45) is 2.90. The first-order valence-corrected chi connectivity index (χ1v) is 8.96. The van der Waals surface area contributed by atoms with Crippen molar-refractivity contribution in [2.75, 3.05) is 0 Å². The van der Waals surface area contributed by atoms with E-state index in [9.17, 15) is 8.42 Å². The predicted molar refractivity (Wildman–Crippen MR) is 81.9 cm³/mol. The Morgan fingerprint density at radius 2 is 1.65 bits per heavy atom. The second kappa shape index (κ2) is 3.88. The second-order valence-electron chi connectivity index (χ2n) is 7.53. The van der Waals surface area contributed by atoms with Gasteiger partial charge in [0.05, 0.1) is 9.64 Å². The molecule has 0 N–H and O–H groups in total. The van der Waals surface area contributed by atoms with Crippen LogP contribution in [0.1, 0.15) is 62.6 Å². The molecule has 2 atom stereocenters. The number of hydrogen-bond donors (Lipinski definition) is 0. The standard InChI is InChI=1S/C17H24O2S/c1-11-7-8-12(2)14-13(11)15-16(3,4)9-6-10-17(15,5)20(14,18)19/h7-8,15H,6,9-10H2,1-5H3. The normalized spacial score (nSPS) is 33.5. The van der Waals surface area contributed by atoms with Crippen molar-refractivity contribution < 1.29 is 8.42 Å². The molecule has 1 aromatic carbocycles. The second-order valence-corrected chi connectivity index (χ2v) is 9.88. The highest BCUT2D eigenvalue weighted by Crippen LogP contribution is 2.62. The van der Waals surface area contributed by atoms with Gasteiger partial charge in [0.2, 0.25) is 0 Å². The van der Waals surface area contributed by atoms with Gasteiger partial charge in [0.25, 0.3) is 0 Å². The van der Waals surface area contributed by atoms with Crippen LogP contribution in [-0.2, 0) is 9.84 Å². The van der Waals surface area contributed by atoms with Crippen LogP contribution in [-0.4, -0.2) is 13.2 Å². The first kappa shape index (κ1) is 14.1. The molecule has 20 heavy (non-hydrogen) atoms. The van der Waals surface area contributed by atoms with E-state index in [1.165, 1.54) is 0 Å². The van der Waals surface area contributed by atoms with E-state index in [-0.39, 0.29) is 11.3 Å². The van der Waals surface area contributed by atoms with E-state index in [4.69, 9.17) is 0 Å². The molecule has 1 aliphatic heterocycles. The van der Waals surface area contributed by atoms with Gasteiger partial charge in [-0.2, -0.15) is 0 Å².